The van der Waals surface area contributed by atoms with Crippen molar-refractivity contribution in [3.63, 3.8) is 0 Å². The lowest BCUT2D eigenvalue weighted by Crippen LogP contribution is -2.26. The molecule has 0 saturated heterocycles. The molecule has 0 atom stereocenters. The summed E-state index contributed by atoms with van der Waals surface area (Å²) in [5.41, 5.74) is 2.76. The molecule has 134 valence electrons. The van der Waals surface area contributed by atoms with Crippen molar-refractivity contribution in [1.82, 2.24) is 4.90 Å². The van der Waals surface area contributed by atoms with Gasteiger partial charge < -0.3 is 14.4 Å². The zero-order valence-electron chi connectivity index (χ0n) is 15.4. The van der Waals surface area contributed by atoms with Crippen LogP contribution in [0.25, 0.3) is 10.8 Å². The number of hydrogen-bond donors (Lipinski definition) is 0. The van der Waals surface area contributed by atoms with Crippen LogP contribution in [0, 0.1) is 0 Å². The summed E-state index contributed by atoms with van der Waals surface area (Å²) in [5.74, 6) is 0.839. The molecule has 4 nitrogen and oxygen atoms in total. The van der Waals surface area contributed by atoms with E-state index in [9.17, 15) is 4.79 Å². The number of rotatable bonds is 6. The predicted octanol–water partition coefficient (Wildman–Crippen LogP) is 4.27. The van der Waals surface area contributed by atoms with Crippen LogP contribution in [0.2, 0.25) is 0 Å². The second-order valence-electron chi connectivity index (χ2n) is 6.34. The molecule has 0 N–H and O–H groups in total. The summed E-state index contributed by atoms with van der Waals surface area (Å²) in [5, 5.41) is 2.25. The van der Waals surface area contributed by atoms with E-state index in [4.69, 9.17) is 9.47 Å². The Hall–Kier alpha value is -2.85. The highest BCUT2D eigenvalue weighted by Crippen LogP contribution is 2.22. The van der Waals surface area contributed by atoms with E-state index in [1.54, 1.807) is 19.1 Å². The van der Waals surface area contributed by atoms with Crippen LogP contribution < -0.4 is 4.74 Å². The highest BCUT2D eigenvalue weighted by Gasteiger charge is 2.13. The number of benzene rings is 3. The number of carbonyl (C=O) groups is 1. The number of ether oxygens (including phenoxy) is 2. The number of methoxy groups -OCH3 is 2. The van der Waals surface area contributed by atoms with Crippen molar-refractivity contribution < 1.29 is 14.3 Å². The quantitative estimate of drug-likeness (QED) is 0.667. The molecule has 0 spiro atoms. The molecule has 0 unspecified atom stereocenters. The van der Waals surface area contributed by atoms with Crippen molar-refractivity contribution in [1.29, 1.82) is 0 Å². The summed E-state index contributed by atoms with van der Waals surface area (Å²) in [7, 11) is 5.14. The van der Waals surface area contributed by atoms with E-state index in [1.165, 1.54) is 0 Å². The SMILES string of the molecule is COCc1cccc(C(=O)N(C)Cc2ccc3cc(OC)ccc3c2)c1. The Balaban J connectivity index is 1.76. The average molecular weight is 349 g/mol. The minimum atomic E-state index is -0.00205. The molecule has 0 aliphatic heterocycles. The van der Waals surface area contributed by atoms with Gasteiger partial charge in [0.05, 0.1) is 13.7 Å². The lowest BCUT2D eigenvalue weighted by Gasteiger charge is -2.18. The number of fused-ring (bicyclic) bond motifs is 1. The lowest BCUT2D eigenvalue weighted by atomic mass is 10.1. The Bertz CT molecular complexity index is 920. The van der Waals surface area contributed by atoms with Crippen LogP contribution in [0.15, 0.2) is 60.7 Å². The van der Waals surface area contributed by atoms with Crippen LogP contribution in [0.3, 0.4) is 0 Å². The smallest absolute Gasteiger partial charge is 0.253 e. The van der Waals surface area contributed by atoms with Gasteiger partial charge in [-0.05, 0) is 52.2 Å². The van der Waals surface area contributed by atoms with Gasteiger partial charge in [0.15, 0.2) is 0 Å². The van der Waals surface area contributed by atoms with Crippen LogP contribution in [0.1, 0.15) is 21.5 Å². The van der Waals surface area contributed by atoms with Crippen molar-refractivity contribution in [2.75, 3.05) is 21.3 Å². The summed E-state index contributed by atoms with van der Waals surface area (Å²) >= 11 is 0. The van der Waals surface area contributed by atoms with Crippen LogP contribution in [-0.4, -0.2) is 32.1 Å². The molecule has 0 bridgehead atoms. The van der Waals surface area contributed by atoms with Gasteiger partial charge in [-0.25, -0.2) is 0 Å². The van der Waals surface area contributed by atoms with Crippen molar-refractivity contribution in [3.05, 3.63) is 77.4 Å². The highest BCUT2D eigenvalue weighted by molar-refractivity contribution is 5.94. The third kappa shape index (κ3) is 4.03. The molecule has 3 rings (SSSR count). The minimum Gasteiger partial charge on any atom is -0.497 e. The number of carbonyl (C=O) groups excluding carboxylic acids is 1. The van der Waals surface area contributed by atoms with Gasteiger partial charge in [-0.1, -0.05) is 30.3 Å². The molecular weight excluding hydrogens is 326 g/mol. The molecule has 0 fully saturated rings. The van der Waals surface area contributed by atoms with E-state index < -0.39 is 0 Å². The fourth-order valence-electron chi connectivity index (χ4n) is 3.03. The standard InChI is InChI=1S/C22H23NO3/c1-23(22(24)20-6-4-5-17(12-20)15-25-2)14-16-7-8-19-13-21(26-3)10-9-18(19)11-16/h4-13H,14-15H2,1-3H3. The van der Waals surface area contributed by atoms with Crippen LogP contribution in [0.5, 0.6) is 5.75 Å². The largest absolute Gasteiger partial charge is 0.497 e. The fourth-order valence-corrected chi connectivity index (χ4v) is 3.03. The molecule has 0 aromatic heterocycles. The third-order valence-electron chi connectivity index (χ3n) is 4.36. The van der Waals surface area contributed by atoms with E-state index in [-0.39, 0.29) is 5.91 Å². The van der Waals surface area contributed by atoms with E-state index in [0.29, 0.717) is 18.7 Å². The zero-order valence-corrected chi connectivity index (χ0v) is 15.4. The van der Waals surface area contributed by atoms with Crippen molar-refractivity contribution in [3.8, 4) is 5.75 Å². The summed E-state index contributed by atoms with van der Waals surface area (Å²) < 4.78 is 10.4. The molecule has 0 aliphatic carbocycles. The van der Waals surface area contributed by atoms with Gasteiger partial charge in [-0.2, -0.15) is 0 Å². The van der Waals surface area contributed by atoms with Crippen molar-refractivity contribution in [2.45, 2.75) is 13.2 Å². The van der Waals surface area contributed by atoms with Gasteiger partial charge in [0, 0.05) is 26.3 Å². The molecule has 0 saturated carbocycles. The molecule has 0 aliphatic rings. The van der Waals surface area contributed by atoms with Gasteiger partial charge in [0.2, 0.25) is 0 Å². The Morgan fingerprint density at radius 3 is 2.46 bits per heavy atom. The van der Waals surface area contributed by atoms with E-state index >= 15 is 0 Å². The van der Waals surface area contributed by atoms with Gasteiger partial charge >= 0.3 is 0 Å². The van der Waals surface area contributed by atoms with Gasteiger partial charge in [0.25, 0.3) is 5.91 Å². The molecule has 3 aromatic rings. The van der Waals surface area contributed by atoms with Crippen LogP contribution in [0.4, 0.5) is 0 Å². The molecule has 1 amide bonds. The maximum Gasteiger partial charge on any atom is 0.253 e. The third-order valence-corrected chi connectivity index (χ3v) is 4.36. The molecule has 0 heterocycles. The summed E-state index contributed by atoms with van der Waals surface area (Å²) in [6.45, 7) is 1.05. The molecule has 3 aromatic carbocycles. The zero-order chi connectivity index (χ0) is 18.5. The van der Waals surface area contributed by atoms with Gasteiger partial charge in [-0.15, -0.1) is 0 Å². The Morgan fingerprint density at radius 2 is 1.69 bits per heavy atom. The molecule has 26 heavy (non-hydrogen) atoms. The molecular formula is C22H23NO3. The minimum absolute atomic E-state index is 0.00205. The topological polar surface area (TPSA) is 38.8 Å². The predicted molar refractivity (Wildman–Crippen MR) is 103 cm³/mol. The van der Waals surface area contributed by atoms with Crippen molar-refractivity contribution in [2.24, 2.45) is 0 Å². The second kappa shape index (κ2) is 8.02. The lowest BCUT2D eigenvalue weighted by molar-refractivity contribution is 0.0785. The average Bonchev–Trinajstić information content (AvgIpc) is 2.67. The fraction of sp³-hybridized carbons (Fsp3) is 0.227. The van der Waals surface area contributed by atoms with E-state index in [0.717, 1.165) is 27.6 Å². The van der Waals surface area contributed by atoms with Crippen LogP contribution >= 0.6 is 0 Å². The summed E-state index contributed by atoms with van der Waals surface area (Å²) in [6, 6.07) is 19.8. The molecule has 0 radical (unpaired) electrons. The first kappa shape index (κ1) is 18.0. The Morgan fingerprint density at radius 1 is 0.923 bits per heavy atom. The monoisotopic (exact) mass is 349 g/mol. The van der Waals surface area contributed by atoms with Gasteiger partial charge in [-0.3, -0.25) is 4.79 Å². The van der Waals surface area contributed by atoms with E-state index in [1.807, 2.05) is 55.6 Å². The molecule has 4 heteroatoms. The number of nitrogens with zero attached hydrogens (tertiary/aromatic N) is 1. The maximum absolute atomic E-state index is 12.7. The highest BCUT2D eigenvalue weighted by atomic mass is 16.5. The Labute approximate surface area is 154 Å². The normalized spacial score (nSPS) is 10.7. The first-order valence-electron chi connectivity index (χ1n) is 8.51. The summed E-state index contributed by atoms with van der Waals surface area (Å²) in [4.78, 5) is 14.5. The first-order valence-corrected chi connectivity index (χ1v) is 8.51. The van der Waals surface area contributed by atoms with Crippen molar-refractivity contribution >= 4 is 16.7 Å². The number of hydrogen-bond acceptors (Lipinski definition) is 3. The summed E-state index contributed by atoms with van der Waals surface area (Å²) in [6.07, 6.45) is 0. The first-order chi connectivity index (χ1) is 12.6. The van der Waals surface area contributed by atoms with Gasteiger partial charge in [0.1, 0.15) is 5.75 Å². The Kier molecular flexibility index (Phi) is 5.54. The van der Waals surface area contributed by atoms with E-state index in [2.05, 4.69) is 12.1 Å². The second-order valence-corrected chi connectivity index (χ2v) is 6.34. The van der Waals surface area contributed by atoms with Crippen LogP contribution in [-0.2, 0) is 17.9 Å². The maximum atomic E-state index is 12.7. The number of amides is 1.